The molecule has 0 aromatic heterocycles. The minimum atomic E-state index is -3.74. The summed E-state index contributed by atoms with van der Waals surface area (Å²) >= 11 is 0. The molecule has 2 aliphatic rings. The van der Waals surface area contributed by atoms with Crippen molar-refractivity contribution in [3.63, 3.8) is 0 Å². The Hall–Kier alpha value is -1.79. The fraction of sp³-hybridized carbons (Fsp3) is 0.438. The molecular formula is C16H21N3O6S2. The number of rotatable bonds is 6. The highest BCUT2D eigenvalue weighted by molar-refractivity contribution is 7.89. The van der Waals surface area contributed by atoms with Crippen LogP contribution in [-0.2, 0) is 29.6 Å². The summed E-state index contributed by atoms with van der Waals surface area (Å²) in [5.74, 6) is -0.352. The number of hydrogen-bond donors (Lipinski definition) is 1. The lowest BCUT2D eigenvalue weighted by atomic mass is 10.2. The van der Waals surface area contributed by atoms with Crippen LogP contribution in [0.2, 0.25) is 0 Å². The molecule has 11 heteroatoms. The summed E-state index contributed by atoms with van der Waals surface area (Å²) in [5, 5.41) is 2.63. The van der Waals surface area contributed by atoms with Crippen molar-refractivity contribution in [1.82, 2.24) is 13.9 Å². The van der Waals surface area contributed by atoms with Gasteiger partial charge >= 0.3 is 0 Å². The minimum absolute atomic E-state index is 0.0110. The smallest absolute Gasteiger partial charge is 0.243 e. The van der Waals surface area contributed by atoms with Gasteiger partial charge in [0.25, 0.3) is 0 Å². The molecule has 0 spiro atoms. The van der Waals surface area contributed by atoms with Gasteiger partial charge in [0, 0.05) is 26.2 Å². The van der Waals surface area contributed by atoms with Crippen LogP contribution in [0.3, 0.4) is 0 Å². The number of amides is 1. The molecule has 1 aromatic carbocycles. The number of carbonyl (C=O) groups excluding carboxylic acids is 1. The molecule has 2 saturated heterocycles. The molecule has 1 aromatic rings. The van der Waals surface area contributed by atoms with Gasteiger partial charge in [-0.05, 0) is 30.3 Å². The zero-order valence-electron chi connectivity index (χ0n) is 14.6. The zero-order valence-corrected chi connectivity index (χ0v) is 16.2. The Kier molecular flexibility index (Phi) is 5.68. The van der Waals surface area contributed by atoms with Crippen molar-refractivity contribution >= 4 is 26.0 Å². The predicted molar refractivity (Wildman–Crippen MR) is 96.9 cm³/mol. The van der Waals surface area contributed by atoms with E-state index in [-0.39, 0.29) is 47.9 Å². The minimum Gasteiger partial charge on any atom is -0.379 e. The molecule has 0 atom stereocenters. The van der Waals surface area contributed by atoms with Crippen LogP contribution >= 0.6 is 0 Å². The highest BCUT2D eigenvalue weighted by atomic mass is 32.2. The summed E-state index contributed by atoms with van der Waals surface area (Å²) in [6.45, 7) is 4.89. The van der Waals surface area contributed by atoms with Gasteiger partial charge in [-0.1, -0.05) is 6.58 Å². The summed E-state index contributed by atoms with van der Waals surface area (Å²) in [4.78, 5) is 11.3. The van der Waals surface area contributed by atoms with Gasteiger partial charge < -0.3 is 10.1 Å². The topological polar surface area (TPSA) is 113 Å². The number of hydrogen-bond acceptors (Lipinski definition) is 6. The van der Waals surface area contributed by atoms with Crippen LogP contribution in [0.25, 0.3) is 0 Å². The van der Waals surface area contributed by atoms with Crippen LogP contribution in [0.5, 0.6) is 0 Å². The Morgan fingerprint density at radius 1 is 1.00 bits per heavy atom. The second kappa shape index (κ2) is 7.68. The van der Waals surface area contributed by atoms with Crippen molar-refractivity contribution in [3.8, 4) is 0 Å². The van der Waals surface area contributed by atoms with Crippen molar-refractivity contribution in [2.45, 2.75) is 15.8 Å². The average Bonchev–Trinajstić information content (AvgIpc) is 2.64. The van der Waals surface area contributed by atoms with Crippen LogP contribution in [0, 0.1) is 0 Å². The molecule has 2 heterocycles. The van der Waals surface area contributed by atoms with Crippen LogP contribution in [0.4, 0.5) is 0 Å². The van der Waals surface area contributed by atoms with Gasteiger partial charge in [-0.3, -0.25) is 4.79 Å². The van der Waals surface area contributed by atoms with Gasteiger partial charge in [0.15, 0.2) is 0 Å². The summed E-state index contributed by atoms with van der Waals surface area (Å²) in [7, 11) is -7.41. The predicted octanol–water partition coefficient (Wildman–Crippen LogP) is -0.617. The second-order valence-corrected chi connectivity index (χ2v) is 10.1. The Bertz CT molecular complexity index is 915. The number of nitrogens with zero attached hydrogens (tertiary/aromatic N) is 2. The quantitative estimate of drug-likeness (QED) is 0.620. The Balaban J connectivity index is 1.70. The van der Waals surface area contributed by atoms with Crippen LogP contribution in [-0.4, -0.2) is 76.8 Å². The number of morpholine rings is 1. The first-order valence-electron chi connectivity index (χ1n) is 8.36. The fourth-order valence-electron chi connectivity index (χ4n) is 2.85. The lowest BCUT2D eigenvalue weighted by Gasteiger charge is -2.38. The lowest BCUT2D eigenvalue weighted by molar-refractivity contribution is -0.117. The van der Waals surface area contributed by atoms with E-state index in [0.29, 0.717) is 13.2 Å². The van der Waals surface area contributed by atoms with Crippen molar-refractivity contribution in [2.75, 3.05) is 39.4 Å². The molecule has 0 bridgehead atoms. The van der Waals surface area contributed by atoms with E-state index < -0.39 is 20.0 Å². The molecule has 148 valence electrons. The van der Waals surface area contributed by atoms with Gasteiger partial charge in [0.05, 0.1) is 29.0 Å². The third-order valence-electron chi connectivity index (χ3n) is 4.45. The van der Waals surface area contributed by atoms with Gasteiger partial charge in [-0.25, -0.2) is 16.8 Å². The van der Waals surface area contributed by atoms with Crippen molar-refractivity contribution in [2.24, 2.45) is 0 Å². The zero-order chi connectivity index (χ0) is 19.7. The Morgan fingerprint density at radius 3 is 1.96 bits per heavy atom. The first-order chi connectivity index (χ1) is 12.7. The van der Waals surface area contributed by atoms with Crippen LogP contribution < -0.4 is 5.32 Å². The maximum atomic E-state index is 12.6. The molecule has 0 unspecified atom stereocenters. The van der Waals surface area contributed by atoms with Crippen LogP contribution in [0.15, 0.2) is 46.7 Å². The molecule has 0 saturated carbocycles. The number of nitrogens with one attached hydrogen (secondary N) is 1. The molecule has 27 heavy (non-hydrogen) atoms. The Morgan fingerprint density at radius 2 is 1.48 bits per heavy atom. The SMILES string of the molecule is C=CC(=O)NC1CN(S(=O)(=O)c2ccc(S(=O)(=O)N3CCOCC3)cc2)C1. The molecule has 2 fully saturated rings. The second-order valence-electron chi connectivity index (χ2n) is 6.22. The highest BCUT2D eigenvalue weighted by Gasteiger charge is 2.37. The molecule has 9 nitrogen and oxygen atoms in total. The average molecular weight is 415 g/mol. The number of carbonyl (C=O) groups is 1. The van der Waals surface area contributed by atoms with Gasteiger partial charge in [-0.2, -0.15) is 8.61 Å². The van der Waals surface area contributed by atoms with E-state index >= 15 is 0 Å². The van der Waals surface area contributed by atoms with Crippen molar-refractivity contribution < 1.29 is 26.4 Å². The summed E-state index contributed by atoms with van der Waals surface area (Å²) in [6.07, 6.45) is 1.13. The first-order valence-corrected chi connectivity index (χ1v) is 11.2. The Labute approximate surface area is 158 Å². The van der Waals surface area contributed by atoms with E-state index in [1.54, 1.807) is 0 Å². The van der Waals surface area contributed by atoms with Gasteiger partial charge in [0.1, 0.15) is 0 Å². The van der Waals surface area contributed by atoms with Crippen molar-refractivity contribution in [3.05, 3.63) is 36.9 Å². The summed E-state index contributed by atoms with van der Waals surface area (Å²) in [6, 6.07) is 4.92. The van der Waals surface area contributed by atoms with Gasteiger partial charge in [0.2, 0.25) is 26.0 Å². The maximum Gasteiger partial charge on any atom is 0.243 e. The first kappa shape index (κ1) is 20.0. The third-order valence-corrected chi connectivity index (χ3v) is 8.21. The van der Waals surface area contributed by atoms with Gasteiger partial charge in [-0.15, -0.1) is 0 Å². The molecule has 2 aliphatic heterocycles. The largest absolute Gasteiger partial charge is 0.379 e. The number of benzene rings is 1. The third kappa shape index (κ3) is 4.06. The molecular weight excluding hydrogens is 394 g/mol. The van der Waals surface area contributed by atoms with E-state index in [4.69, 9.17) is 4.74 Å². The molecule has 3 rings (SSSR count). The van der Waals surface area contributed by atoms with Crippen molar-refractivity contribution in [1.29, 1.82) is 0 Å². The molecule has 0 radical (unpaired) electrons. The highest BCUT2D eigenvalue weighted by Crippen LogP contribution is 2.24. The monoisotopic (exact) mass is 415 g/mol. The lowest BCUT2D eigenvalue weighted by Crippen LogP contribution is -2.60. The van der Waals surface area contributed by atoms with E-state index in [1.807, 2.05) is 0 Å². The number of sulfonamides is 2. The standard InChI is InChI=1S/C16H21N3O6S2/c1-2-16(20)17-13-11-19(12-13)27(23,24)15-5-3-14(4-6-15)26(21,22)18-7-9-25-10-8-18/h2-6,13H,1,7-12H2,(H,17,20). The summed E-state index contributed by atoms with van der Waals surface area (Å²) in [5.41, 5.74) is 0. The van der Waals surface area contributed by atoms with E-state index in [0.717, 1.165) is 6.08 Å². The molecule has 1 N–H and O–H groups in total. The van der Waals surface area contributed by atoms with E-state index in [9.17, 15) is 21.6 Å². The van der Waals surface area contributed by atoms with E-state index in [1.165, 1.54) is 32.9 Å². The van der Waals surface area contributed by atoms with Crippen LogP contribution in [0.1, 0.15) is 0 Å². The normalized spacial score (nSPS) is 20.0. The molecule has 0 aliphatic carbocycles. The maximum absolute atomic E-state index is 12.6. The van der Waals surface area contributed by atoms with E-state index in [2.05, 4.69) is 11.9 Å². The summed E-state index contributed by atoms with van der Waals surface area (Å²) < 4.78 is 58.1. The fourth-order valence-corrected chi connectivity index (χ4v) is 5.79. The number of ether oxygens (including phenoxy) is 1. The molecule has 1 amide bonds.